The summed E-state index contributed by atoms with van der Waals surface area (Å²) in [6.07, 6.45) is 5.69. The van der Waals surface area contributed by atoms with E-state index in [1.807, 2.05) is 6.92 Å². The van der Waals surface area contributed by atoms with E-state index in [4.69, 9.17) is 4.74 Å². The summed E-state index contributed by atoms with van der Waals surface area (Å²) < 4.78 is 5.38. The Morgan fingerprint density at radius 3 is 2.50 bits per heavy atom. The third kappa shape index (κ3) is 4.43. The smallest absolute Gasteiger partial charge is 0.0616 e. The van der Waals surface area contributed by atoms with E-state index in [0.717, 1.165) is 19.1 Å². The summed E-state index contributed by atoms with van der Waals surface area (Å²) in [5.74, 6) is 0.997. The SMILES string of the molecule is CCOCC(C)NC(C)CC1CCC1. The fourth-order valence-electron chi connectivity index (χ4n) is 2.12. The van der Waals surface area contributed by atoms with E-state index in [9.17, 15) is 0 Å². The average molecular weight is 199 g/mol. The Hall–Kier alpha value is -0.0800. The van der Waals surface area contributed by atoms with E-state index in [-0.39, 0.29) is 0 Å². The van der Waals surface area contributed by atoms with E-state index in [2.05, 4.69) is 19.2 Å². The first-order valence-electron chi connectivity index (χ1n) is 6.06. The second kappa shape index (κ2) is 6.41. The highest BCUT2D eigenvalue weighted by atomic mass is 16.5. The second-order valence-electron chi connectivity index (χ2n) is 4.66. The van der Waals surface area contributed by atoms with Gasteiger partial charge < -0.3 is 10.1 Å². The highest BCUT2D eigenvalue weighted by molar-refractivity contribution is 4.76. The van der Waals surface area contributed by atoms with E-state index >= 15 is 0 Å². The molecule has 0 aliphatic heterocycles. The van der Waals surface area contributed by atoms with E-state index in [1.54, 1.807) is 0 Å². The van der Waals surface area contributed by atoms with Gasteiger partial charge in [-0.2, -0.15) is 0 Å². The van der Waals surface area contributed by atoms with Crippen molar-refractivity contribution in [1.29, 1.82) is 0 Å². The molecule has 0 heterocycles. The largest absolute Gasteiger partial charge is 0.380 e. The molecule has 2 nitrogen and oxygen atoms in total. The quantitative estimate of drug-likeness (QED) is 0.680. The lowest BCUT2D eigenvalue weighted by atomic mass is 9.81. The van der Waals surface area contributed by atoms with Crippen LogP contribution in [0.15, 0.2) is 0 Å². The summed E-state index contributed by atoms with van der Waals surface area (Å²) in [6, 6.07) is 1.14. The number of ether oxygens (including phenoxy) is 1. The van der Waals surface area contributed by atoms with Crippen LogP contribution in [0.5, 0.6) is 0 Å². The second-order valence-corrected chi connectivity index (χ2v) is 4.66. The zero-order chi connectivity index (χ0) is 10.4. The summed E-state index contributed by atoms with van der Waals surface area (Å²) in [5.41, 5.74) is 0. The molecular formula is C12H25NO. The van der Waals surface area contributed by atoms with Crippen molar-refractivity contribution >= 4 is 0 Å². The van der Waals surface area contributed by atoms with Crippen LogP contribution in [0.4, 0.5) is 0 Å². The highest BCUT2D eigenvalue weighted by Crippen LogP contribution is 2.30. The fraction of sp³-hybridized carbons (Fsp3) is 1.00. The van der Waals surface area contributed by atoms with Crippen molar-refractivity contribution in [2.24, 2.45) is 5.92 Å². The van der Waals surface area contributed by atoms with Gasteiger partial charge in [-0.3, -0.25) is 0 Å². The van der Waals surface area contributed by atoms with Crippen LogP contribution < -0.4 is 5.32 Å². The molecule has 0 spiro atoms. The molecule has 2 atom stereocenters. The monoisotopic (exact) mass is 199 g/mol. The Morgan fingerprint density at radius 2 is 2.00 bits per heavy atom. The molecule has 1 aliphatic carbocycles. The van der Waals surface area contributed by atoms with Gasteiger partial charge in [-0.15, -0.1) is 0 Å². The Bertz CT molecular complexity index is 145. The van der Waals surface area contributed by atoms with Crippen LogP contribution in [-0.4, -0.2) is 25.3 Å². The normalized spacial score (nSPS) is 21.6. The molecule has 1 aliphatic rings. The number of rotatable bonds is 7. The number of nitrogens with one attached hydrogen (secondary N) is 1. The summed E-state index contributed by atoms with van der Waals surface area (Å²) in [4.78, 5) is 0. The minimum absolute atomic E-state index is 0.491. The Morgan fingerprint density at radius 1 is 1.29 bits per heavy atom. The predicted octanol–water partition coefficient (Wildman–Crippen LogP) is 2.58. The minimum atomic E-state index is 0.491. The molecule has 0 amide bonds. The first-order valence-corrected chi connectivity index (χ1v) is 6.06. The van der Waals surface area contributed by atoms with Crippen LogP contribution in [0.1, 0.15) is 46.5 Å². The third-order valence-corrected chi connectivity index (χ3v) is 3.05. The van der Waals surface area contributed by atoms with Gasteiger partial charge in [0.15, 0.2) is 0 Å². The molecule has 0 saturated heterocycles. The summed E-state index contributed by atoms with van der Waals surface area (Å²) in [6.45, 7) is 8.20. The maximum Gasteiger partial charge on any atom is 0.0616 e. The zero-order valence-corrected chi connectivity index (χ0v) is 9.88. The van der Waals surface area contributed by atoms with Crippen LogP contribution in [0.3, 0.4) is 0 Å². The fourth-order valence-corrected chi connectivity index (χ4v) is 2.12. The molecular weight excluding hydrogens is 174 g/mol. The van der Waals surface area contributed by atoms with Gasteiger partial charge >= 0.3 is 0 Å². The van der Waals surface area contributed by atoms with Crippen molar-refractivity contribution in [3.8, 4) is 0 Å². The van der Waals surface area contributed by atoms with E-state index in [1.165, 1.54) is 25.7 Å². The molecule has 0 aromatic carbocycles. The summed E-state index contributed by atoms with van der Waals surface area (Å²) in [5, 5.41) is 3.59. The molecule has 2 unspecified atom stereocenters. The van der Waals surface area contributed by atoms with Crippen molar-refractivity contribution in [2.45, 2.75) is 58.5 Å². The molecule has 1 fully saturated rings. The molecule has 84 valence electrons. The number of hydrogen-bond acceptors (Lipinski definition) is 2. The maximum absolute atomic E-state index is 5.38. The molecule has 1 saturated carbocycles. The van der Waals surface area contributed by atoms with Crippen LogP contribution >= 0.6 is 0 Å². The van der Waals surface area contributed by atoms with Gasteiger partial charge in [0.05, 0.1) is 6.61 Å². The Kier molecular flexibility index (Phi) is 5.49. The first kappa shape index (κ1) is 12.0. The topological polar surface area (TPSA) is 21.3 Å². The predicted molar refractivity (Wildman–Crippen MR) is 60.5 cm³/mol. The third-order valence-electron chi connectivity index (χ3n) is 3.05. The molecule has 2 heteroatoms. The highest BCUT2D eigenvalue weighted by Gasteiger charge is 2.20. The Labute approximate surface area is 88.4 Å². The molecule has 0 aromatic rings. The maximum atomic E-state index is 5.38. The summed E-state index contributed by atoms with van der Waals surface area (Å²) in [7, 11) is 0. The van der Waals surface area contributed by atoms with E-state index < -0.39 is 0 Å². The molecule has 1 N–H and O–H groups in total. The van der Waals surface area contributed by atoms with Crippen molar-refractivity contribution < 1.29 is 4.74 Å². The molecule has 1 rings (SSSR count). The van der Waals surface area contributed by atoms with Crippen molar-refractivity contribution in [3.63, 3.8) is 0 Å². The molecule has 0 bridgehead atoms. The van der Waals surface area contributed by atoms with Crippen LogP contribution in [0, 0.1) is 5.92 Å². The average Bonchev–Trinajstić information content (AvgIpc) is 2.08. The van der Waals surface area contributed by atoms with Gasteiger partial charge in [0.1, 0.15) is 0 Å². The van der Waals surface area contributed by atoms with Crippen LogP contribution in [0.2, 0.25) is 0 Å². The minimum Gasteiger partial charge on any atom is -0.380 e. The van der Waals surface area contributed by atoms with Gasteiger partial charge in [0, 0.05) is 18.7 Å². The van der Waals surface area contributed by atoms with Crippen molar-refractivity contribution in [2.75, 3.05) is 13.2 Å². The van der Waals surface area contributed by atoms with Gasteiger partial charge in [0.25, 0.3) is 0 Å². The van der Waals surface area contributed by atoms with E-state index in [0.29, 0.717) is 12.1 Å². The zero-order valence-electron chi connectivity index (χ0n) is 9.88. The lowest BCUT2D eigenvalue weighted by Crippen LogP contribution is -2.39. The standard InChI is InChI=1S/C12H25NO/c1-4-14-9-11(3)13-10(2)8-12-6-5-7-12/h10-13H,4-9H2,1-3H3. The van der Waals surface area contributed by atoms with Gasteiger partial charge in [-0.1, -0.05) is 19.3 Å². The molecule has 14 heavy (non-hydrogen) atoms. The lowest BCUT2D eigenvalue weighted by Gasteiger charge is -2.30. The van der Waals surface area contributed by atoms with Crippen LogP contribution in [0.25, 0.3) is 0 Å². The lowest BCUT2D eigenvalue weighted by molar-refractivity contribution is 0.121. The summed E-state index contributed by atoms with van der Waals surface area (Å²) >= 11 is 0. The van der Waals surface area contributed by atoms with Crippen molar-refractivity contribution in [1.82, 2.24) is 5.32 Å². The molecule has 0 aromatic heterocycles. The van der Waals surface area contributed by atoms with Gasteiger partial charge in [0.2, 0.25) is 0 Å². The number of hydrogen-bond donors (Lipinski definition) is 1. The van der Waals surface area contributed by atoms with Gasteiger partial charge in [-0.25, -0.2) is 0 Å². The van der Waals surface area contributed by atoms with Crippen molar-refractivity contribution in [3.05, 3.63) is 0 Å². The molecule has 0 radical (unpaired) electrons. The van der Waals surface area contributed by atoms with Crippen LogP contribution in [-0.2, 0) is 4.74 Å². The van der Waals surface area contributed by atoms with Gasteiger partial charge in [-0.05, 0) is 33.1 Å². The first-order chi connectivity index (χ1) is 6.72. The Balaban J connectivity index is 2.02.